The summed E-state index contributed by atoms with van der Waals surface area (Å²) in [6, 6.07) is 22.8. The Bertz CT molecular complexity index is 2200. The van der Waals surface area contributed by atoms with Crippen molar-refractivity contribution in [3.8, 4) is 22.5 Å². The zero-order valence-electron chi connectivity index (χ0n) is 25.9. The number of nitrogens with one attached hydrogen (secondary N) is 1. The number of carbonyl (C=O) groups is 1. The largest absolute Gasteiger partial charge is 0.465 e. The number of fused-ring (bicyclic) bond motifs is 2. The highest BCUT2D eigenvalue weighted by molar-refractivity contribution is 6.34. The van der Waals surface area contributed by atoms with Gasteiger partial charge in [0.25, 0.3) is 0 Å². The first-order chi connectivity index (χ1) is 24.2. The summed E-state index contributed by atoms with van der Waals surface area (Å²) in [7, 11) is 0. The predicted octanol–water partition coefficient (Wildman–Crippen LogP) is 9.40. The first-order valence-corrected chi connectivity index (χ1v) is 15.5. The third kappa shape index (κ3) is 7.62. The lowest BCUT2D eigenvalue weighted by molar-refractivity contribution is -0.138. The van der Waals surface area contributed by atoms with E-state index in [9.17, 15) is 35.5 Å². The number of aromatic nitrogens is 4. The quantitative estimate of drug-likeness (QED) is 0.174. The molecule has 7 rings (SSSR count). The average molecular weight is 729 g/mol. The Labute approximate surface area is 289 Å². The highest BCUT2D eigenvalue weighted by Gasteiger charge is 2.36. The van der Waals surface area contributed by atoms with E-state index in [1.54, 1.807) is 30.3 Å². The Morgan fingerprint density at radius 3 is 1.59 bits per heavy atom. The van der Waals surface area contributed by atoms with Gasteiger partial charge in [-0.3, -0.25) is 0 Å². The third-order valence-electron chi connectivity index (χ3n) is 8.14. The molecule has 6 aromatic rings. The Morgan fingerprint density at radius 2 is 1.12 bits per heavy atom. The minimum absolute atomic E-state index is 0.0346. The normalized spacial score (nSPS) is 16.2. The van der Waals surface area contributed by atoms with E-state index in [2.05, 4.69) is 25.7 Å². The molecule has 1 aliphatic heterocycles. The van der Waals surface area contributed by atoms with Crippen molar-refractivity contribution in [3.63, 3.8) is 0 Å². The Hall–Kier alpha value is -5.57. The molecule has 4 aromatic carbocycles. The summed E-state index contributed by atoms with van der Waals surface area (Å²) in [4.78, 5) is 12.1. The second-order valence-corrected chi connectivity index (χ2v) is 11.8. The zero-order valence-corrected chi connectivity index (χ0v) is 26.7. The van der Waals surface area contributed by atoms with Gasteiger partial charge in [0.15, 0.2) is 11.0 Å². The van der Waals surface area contributed by atoms with Crippen LogP contribution in [0.5, 0.6) is 0 Å². The van der Waals surface area contributed by atoms with Crippen LogP contribution in [0, 0.1) is 0 Å². The molecule has 0 saturated carbocycles. The van der Waals surface area contributed by atoms with E-state index in [0.29, 0.717) is 38.7 Å². The molecule has 0 spiro atoms. The van der Waals surface area contributed by atoms with Gasteiger partial charge in [-0.15, -0.1) is 20.4 Å². The maximum atomic E-state index is 14.3. The van der Waals surface area contributed by atoms with Crippen LogP contribution in [0.25, 0.3) is 44.1 Å². The van der Waals surface area contributed by atoms with Crippen molar-refractivity contribution in [1.82, 2.24) is 25.3 Å². The highest BCUT2D eigenvalue weighted by Crippen LogP contribution is 2.35. The van der Waals surface area contributed by atoms with Gasteiger partial charge >= 0.3 is 18.4 Å². The lowest BCUT2D eigenvalue weighted by Gasteiger charge is -2.17. The number of rotatable bonds is 4. The smallest absolute Gasteiger partial charge is 0.416 e. The molecular formula is C35H24ClF7N6O2. The van der Waals surface area contributed by atoms with Crippen LogP contribution in [-0.4, -0.2) is 61.8 Å². The molecule has 262 valence electrons. The molecule has 51 heavy (non-hydrogen) atoms. The lowest BCUT2D eigenvalue weighted by atomic mass is 10.0. The molecule has 0 radical (unpaired) electrons. The van der Waals surface area contributed by atoms with E-state index in [-0.39, 0.29) is 24.1 Å². The number of nitrogens with zero attached hydrogens (tertiary/aromatic N) is 5. The number of hydrogen-bond donors (Lipinski definition) is 2. The summed E-state index contributed by atoms with van der Waals surface area (Å²) in [6.07, 6.45) is -11.4. The minimum atomic E-state index is -4.44. The first-order valence-electron chi connectivity index (χ1n) is 15.1. The second kappa shape index (κ2) is 14.0. The summed E-state index contributed by atoms with van der Waals surface area (Å²) in [5.74, 6) is 0.279. The lowest BCUT2D eigenvalue weighted by Crippen LogP contribution is -2.31. The van der Waals surface area contributed by atoms with Gasteiger partial charge in [0.1, 0.15) is 17.6 Å². The third-order valence-corrected chi connectivity index (χ3v) is 8.42. The van der Waals surface area contributed by atoms with Crippen molar-refractivity contribution in [1.29, 1.82) is 0 Å². The van der Waals surface area contributed by atoms with E-state index in [4.69, 9.17) is 16.7 Å². The van der Waals surface area contributed by atoms with Gasteiger partial charge in [0.05, 0.1) is 23.7 Å². The SMILES string of the molecule is FC(F)(F)c1ccc(-c2nnc(Cl)c3ccccc23)cc1.O=C(O)N1C[C@H](F)[C@H](Nc2nnc(-c3ccc(C(F)(F)F)cc3)c3ccccc23)C1. The Balaban J connectivity index is 0.000000187. The fourth-order valence-corrected chi connectivity index (χ4v) is 5.78. The minimum Gasteiger partial charge on any atom is -0.465 e. The molecule has 0 aliphatic carbocycles. The Kier molecular flexibility index (Phi) is 9.66. The van der Waals surface area contributed by atoms with Crippen LogP contribution >= 0.6 is 11.6 Å². The fraction of sp³-hybridized carbons (Fsp3) is 0.171. The average Bonchev–Trinajstić information content (AvgIpc) is 3.48. The number of likely N-dealkylation sites (tertiary alicyclic amines) is 1. The molecule has 16 heteroatoms. The molecule has 8 nitrogen and oxygen atoms in total. The van der Waals surface area contributed by atoms with E-state index in [1.165, 1.54) is 24.3 Å². The number of amides is 1. The van der Waals surface area contributed by atoms with Crippen molar-refractivity contribution in [2.45, 2.75) is 24.6 Å². The number of anilines is 1. The van der Waals surface area contributed by atoms with E-state index in [0.717, 1.165) is 34.6 Å². The summed E-state index contributed by atoms with van der Waals surface area (Å²) in [5.41, 5.74) is 0.448. The molecule has 1 fully saturated rings. The highest BCUT2D eigenvalue weighted by atomic mass is 35.5. The molecule has 0 unspecified atom stereocenters. The van der Waals surface area contributed by atoms with E-state index >= 15 is 0 Å². The summed E-state index contributed by atoms with van der Waals surface area (Å²) in [6.45, 7) is -0.269. The van der Waals surface area contributed by atoms with Crippen LogP contribution in [0.2, 0.25) is 5.15 Å². The molecule has 1 amide bonds. The van der Waals surface area contributed by atoms with Gasteiger partial charge in [-0.2, -0.15) is 26.3 Å². The summed E-state index contributed by atoms with van der Waals surface area (Å²) < 4.78 is 90.5. The van der Waals surface area contributed by atoms with Crippen LogP contribution < -0.4 is 5.32 Å². The molecule has 1 saturated heterocycles. The fourth-order valence-electron chi connectivity index (χ4n) is 5.57. The monoisotopic (exact) mass is 728 g/mol. The Morgan fingerprint density at radius 1 is 0.667 bits per heavy atom. The van der Waals surface area contributed by atoms with Gasteiger partial charge in [-0.25, -0.2) is 9.18 Å². The van der Waals surface area contributed by atoms with Crippen molar-refractivity contribution in [3.05, 3.63) is 113 Å². The van der Waals surface area contributed by atoms with Crippen LogP contribution in [0.1, 0.15) is 11.1 Å². The van der Waals surface area contributed by atoms with Crippen LogP contribution in [0.3, 0.4) is 0 Å². The van der Waals surface area contributed by atoms with Gasteiger partial charge in [-0.1, -0.05) is 84.4 Å². The van der Waals surface area contributed by atoms with Crippen LogP contribution in [0.4, 0.5) is 41.3 Å². The zero-order chi connectivity index (χ0) is 36.5. The number of halogens is 8. The second-order valence-electron chi connectivity index (χ2n) is 11.4. The van der Waals surface area contributed by atoms with E-state index < -0.39 is 41.8 Å². The van der Waals surface area contributed by atoms with Crippen molar-refractivity contribution in [2.24, 2.45) is 0 Å². The van der Waals surface area contributed by atoms with Crippen molar-refractivity contribution < 1.29 is 40.6 Å². The molecule has 3 heterocycles. The van der Waals surface area contributed by atoms with Gasteiger partial charge < -0.3 is 15.3 Å². The summed E-state index contributed by atoms with van der Waals surface area (Å²) >= 11 is 5.98. The van der Waals surface area contributed by atoms with Gasteiger partial charge in [-0.05, 0) is 24.3 Å². The first kappa shape index (κ1) is 35.3. The summed E-state index contributed by atoms with van der Waals surface area (Å²) in [5, 5.41) is 31.0. The van der Waals surface area contributed by atoms with Gasteiger partial charge in [0, 0.05) is 39.2 Å². The molecule has 2 aromatic heterocycles. The molecular weight excluding hydrogens is 705 g/mol. The molecule has 2 atom stereocenters. The van der Waals surface area contributed by atoms with E-state index in [1.807, 2.05) is 18.2 Å². The number of benzene rings is 4. The molecule has 0 bridgehead atoms. The maximum Gasteiger partial charge on any atom is 0.416 e. The maximum absolute atomic E-state index is 14.3. The number of hydrogen-bond acceptors (Lipinski definition) is 6. The van der Waals surface area contributed by atoms with Crippen molar-refractivity contribution >= 4 is 45.1 Å². The van der Waals surface area contributed by atoms with Crippen LogP contribution in [-0.2, 0) is 12.4 Å². The van der Waals surface area contributed by atoms with Crippen LogP contribution in [0.15, 0.2) is 97.1 Å². The molecule has 2 N–H and O–H groups in total. The topological polar surface area (TPSA) is 104 Å². The standard InChI is InChI=1S/C20H16F4N4O2.C15H8ClF3N2/c21-15-9-28(19(29)30)10-16(15)25-18-14-4-2-1-3-13(14)17(26-27-18)11-5-7-12(8-6-11)20(22,23)24;16-14-12-4-2-1-3-11(12)13(20-21-14)9-5-7-10(8-6-9)15(17,18)19/h1-8,15-16H,9-10H2,(H,25,27)(H,29,30);1-8H/t15-,16+;/m0./s1. The number of carboxylic acid groups (broad SMARTS) is 1. The predicted molar refractivity (Wildman–Crippen MR) is 177 cm³/mol. The van der Waals surface area contributed by atoms with Crippen molar-refractivity contribution in [2.75, 3.05) is 18.4 Å². The molecule has 1 aliphatic rings. The number of alkyl halides is 7. The van der Waals surface area contributed by atoms with Gasteiger partial charge in [0.2, 0.25) is 0 Å².